The first-order chi connectivity index (χ1) is 13.9. The highest BCUT2D eigenvalue weighted by atomic mass is 32.2. The smallest absolute Gasteiger partial charge is 0.284 e. The Hall–Kier alpha value is -2.78. The zero-order valence-corrected chi connectivity index (χ0v) is 17.8. The summed E-state index contributed by atoms with van der Waals surface area (Å²) in [6.07, 6.45) is 1.66. The quantitative estimate of drug-likeness (QED) is 0.651. The summed E-state index contributed by atoms with van der Waals surface area (Å²) < 4.78 is 39.7. The van der Waals surface area contributed by atoms with E-state index in [-0.39, 0.29) is 16.0 Å². The number of rotatable bonds is 6. The van der Waals surface area contributed by atoms with Crippen molar-refractivity contribution >= 4 is 38.9 Å². The summed E-state index contributed by atoms with van der Waals surface area (Å²) in [6, 6.07) is 13.1. The molecule has 2 aromatic carbocycles. The van der Waals surface area contributed by atoms with Crippen LogP contribution in [0.25, 0.3) is 6.08 Å². The van der Waals surface area contributed by atoms with Gasteiger partial charge in [0.1, 0.15) is 11.5 Å². The van der Waals surface area contributed by atoms with Crippen LogP contribution in [0.15, 0.2) is 62.7 Å². The number of nitrogens with zero attached hydrogens (tertiary/aromatic N) is 2. The minimum Gasteiger partial charge on any atom is -0.497 e. The van der Waals surface area contributed by atoms with Gasteiger partial charge in [0.15, 0.2) is 5.17 Å². The molecule has 29 heavy (non-hydrogen) atoms. The van der Waals surface area contributed by atoms with Gasteiger partial charge in [-0.25, -0.2) is 0 Å². The second kappa shape index (κ2) is 8.71. The third-order valence-corrected chi connectivity index (χ3v) is 6.57. The van der Waals surface area contributed by atoms with Gasteiger partial charge in [-0.2, -0.15) is 8.42 Å². The summed E-state index contributed by atoms with van der Waals surface area (Å²) >= 11 is 1.02. The van der Waals surface area contributed by atoms with Gasteiger partial charge >= 0.3 is 0 Å². The van der Waals surface area contributed by atoms with Crippen LogP contribution in [0, 0.1) is 0 Å². The van der Waals surface area contributed by atoms with Crippen molar-refractivity contribution in [2.24, 2.45) is 4.40 Å². The molecule has 0 N–H and O–H groups in total. The Kier molecular flexibility index (Phi) is 6.29. The number of sulfonamides is 1. The van der Waals surface area contributed by atoms with E-state index in [0.29, 0.717) is 28.5 Å². The van der Waals surface area contributed by atoms with Gasteiger partial charge in [-0.3, -0.25) is 9.69 Å². The summed E-state index contributed by atoms with van der Waals surface area (Å²) in [5.74, 6) is 0.855. The predicted molar refractivity (Wildman–Crippen MR) is 114 cm³/mol. The summed E-state index contributed by atoms with van der Waals surface area (Å²) in [4.78, 5) is 14.6. The minimum absolute atomic E-state index is 0.0749. The van der Waals surface area contributed by atoms with Crippen LogP contribution in [-0.2, 0) is 14.8 Å². The Bertz CT molecular complexity index is 1080. The van der Waals surface area contributed by atoms with E-state index in [4.69, 9.17) is 9.47 Å². The molecule has 9 heteroatoms. The highest BCUT2D eigenvalue weighted by molar-refractivity contribution is 8.19. The van der Waals surface area contributed by atoms with Gasteiger partial charge in [-0.15, -0.1) is 4.40 Å². The van der Waals surface area contributed by atoms with E-state index < -0.39 is 10.0 Å². The SMILES string of the molecule is CCN1C(=O)/C(=C/c2ccc(OC)cc2OC)S/C1=N/S(=O)(=O)c1ccccc1. The van der Waals surface area contributed by atoms with Crippen LogP contribution >= 0.6 is 11.8 Å². The molecule has 1 heterocycles. The van der Waals surface area contributed by atoms with Crippen molar-refractivity contribution in [1.29, 1.82) is 0 Å². The Morgan fingerprint density at radius 2 is 1.83 bits per heavy atom. The Morgan fingerprint density at radius 1 is 1.10 bits per heavy atom. The van der Waals surface area contributed by atoms with Crippen molar-refractivity contribution in [3.05, 3.63) is 59.0 Å². The van der Waals surface area contributed by atoms with Gasteiger partial charge in [-0.05, 0) is 49.0 Å². The minimum atomic E-state index is -3.92. The molecule has 1 fully saturated rings. The Morgan fingerprint density at radius 3 is 2.45 bits per heavy atom. The first kappa shape index (κ1) is 20.9. The van der Waals surface area contributed by atoms with E-state index in [0.717, 1.165) is 11.8 Å². The fourth-order valence-electron chi connectivity index (χ4n) is 2.68. The normalized spacial score (nSPS) is 17.2. The van der Waals surface area contributed by atoms with Crippen molar-refractivity contribution < 1.29 is 22.7 Å². The van der Waals surface area contributed by atoms with Crippen LogP contribution in [-0.4, -0.2) is 45.2 Å². The van der Waals surface area contributed by atoms with Gasteiger partial charge in [0.25, 0.3) is 15.9 Å². The molecule has 1 aliphatic rings. The number of hydrogen-bond donors (Lipinski definition) is 0. The molecule has 1 aliphatic heterocycles. The number of carbonyl (C=O) groups is 1. The first-order valence-electron chi connectivity index (χ1n) is 8.73. The molecule has 3 rings (SSSR count). The number of carbonyl (C=O) groups excluding carboxylic acids is 1. The van der Waals surface area contributed by atoms with Crippen LogP contribution in [0.3, 0.4) is 0 Å². The van der Waals surface area contributed by atoms with E-state index in [1.54, 1.807) is 56.5 Å². The molecule has 0 aliphatic carbocycles. The van der Waals surface area contributed by atoms with E-state index in [1.807, 2.05) is 0 Å². The zero-order valence-electron chi connectivity index (χ0n) is 16.2. The number of methoxy groups -OCH3 is 2. The van der Waals surface area contributed by atoms with Crippen LogP contribution in [0.2, 0.25) is 0 Å². The van der Waals surface area contributed by atoms with E-state index in [9.17, 15) is 13.2 Å². The van der Waals surface area contributed by atoms with Gasteiger partial charge in [-0.1, -0.05) is 18.2 Å². The standard InChI is InChI=1S/C20H20N2O5S2/c1-4-22-19(23)18(12-14-10-11-15(26-2)13-17(14)27-3)28-20(22)21-29(24,25)16-8-6-5-7-9-16/h5-13H,4H2,1-3H3/b18-12-,21-20+. The van der Waals surface area contributed by atoms with Crippen molar-refractivity contribution in [1.82, 2.24) is 4.90 Å². The molecule has 0 spiro atoms. The van der Waals surface area contributed by atoms with E-state index >= 15 is 0 Å². The van der Waals surface area contributed by atoms with Crippen LogP contribution in [0.4, 0.5) is 0 Å². The molecule has 0 radical (unpaired) electrons. The average molecular weight is 433 g/mol. The topological polar surface area (TPSA) is 85.3 Å². The molecule has 1 saturated heterocycles. The lowest BCUT2D eigenvalue weighted by molar-refractivity contribution is -0.122. The highest BCUT2D eigenvalue weighted by Gasteiger charge is 2.34. The van der Waals surface area contributed by atoms with Gasteiger partial charge in [0, 0.05) is 18.2 Å². The molecule has 7 nitrogen and oxygen atoms in total. The molecule has 0 aromatic heterocycles. The molecule has 2 aromatic rings. The summed E-state index contributed by atoms with van der Waals surface area (Å²) in [5.41, 5.74) is 0.673. The lowest BCUT2D eigenvalue weighted by Crippen LogP contribution is -2.29. The number of benzene rings is 2. The Balaban J connectivity index is 1.99. The number of thioether (sulfide) groups is 1. The van der Waals surface area contributed by atoms with Crippen molar-refractivity contribution in [3.8, 4) is 11.5 Å². The lowest BCUT2D eigenvalue weighted by Gasteiger charge is -2.12. The van der Waals surface area contributed by atoms with Gasteiger partial charge in [0.2, 0.25) is 0 Å². The second-order valence-corrected chi connectivity index (χ2v) is 8.54. The number of hydrogen-bond acceptors (Lipinski definition) is 6. The molecule has 0 atom stereocenters. The summed E-state index contributed by atoms with van der Waals surface area (Å²) in [5, 5.41) is 0.125. The lowest BCUT2D eigenvalue weighted by atomic mass is 10.1. The van der Waals surface area contributed by atoms with Crippen LogP contribution in [0.5, 0.6) is 11.5 Å². The van der Waals surface area contributed by atoms with Crippen molar-refractivity contribution in [2.75, 3.05) is 20.8 Å². The van der Waals surface area contributed by atoms with Gasteiger partial charge in [0.05, 0.1) is 24.0 Å². The molecule has 0 saturated carbocycles. The molecular weight excluding hydrogens is 412 g/mol. The van der Waals surface area contributed by atoms with Crippen molar-refractivity contribution in [3.63, 3.8) is 0 Å². The maximum atomic E-state index is 12.8. The molecule has 0 unspecified atom stereocenters. The molecule has 0 bridgehead atoms. The maximum Gasteiger partial charge on any atom is 0.284 e. The third-order valence-electron chi connectivity index (χ3n) is 4.17. The summed E-state index contributed by atoms with van der Waals surface area (Å²) in [7, 11) is -0.844. The predicted octanol–water partition coefficient (Wildman–Crippen LogP) is 3.38. The number of ether oxygens (including phenoxy) is 2. The monoisotopic (exact) mass is 432 g/mol. The Labute approximate surface area is 174 Å². The first-order valence-corrected chi connectivity index (χ1v) is 11.0. The number of likely N-dealkylation sites (N-methyl/N-ethyl adjacent to an activating group) is 1. The van der Waals surface area contributed by atoms with Crippen molar-refractivity contribution in [2.45, 2.75) is 11.8 Å². The third kappa shape index (κ3) is 4.46. The van der Waals surface area contributed by atoms with E-state index in [1.165, 1.54) is 24.1 Å². The number of amides is 1. The van der Waals surface area contributed by atoms with Gasteiger partial charge < -0.3 is 9.47 Å². The zero-order chi connectivity index (χ0) is 21.0. The second-order valence-electron chi connectivity index (χ2n) is 5.93. The molecule has 1 amide bonds. The fourth-order valence-corrected chi connectivity index (χ4v) is 4.94. The van der Waals surface area contributed by atoms with Crippen LogP contribution in [0.1, 0.15) is 12.5 Å². The van der Waals surface area contributed by atoms with Crippen LogP contribution < -0.4 is 9.47 Å². The number of amidine groups is 1. The maximum absolute atomic E-state index is 12.8. The molecular formula is C20H20N2O5S2. The fraction of sp³-hybridized carbons (Fsp3) is 0.200. The van der Waals surface area contributed by atoms with E-state index in [2.05, 4.69) is 4.40 Å². The largest absolute Gasteiger partial charge is 0.497 e. The highest BCUT2D eigenvalue weighted by Crippen LogP contribution is 2.35. The summed E-state index contributed by atoms with van der Waals surface area (Å²) in [6.45, 7) is 2.06. The average Bonchev–Trinajstić information content (AvgIpc) is 3.02. The molecule has 152 valence electrons.